The molecule has 3 aromatic heterocycles. The van der Waals surface area contributed by atoms with Crippen molar-refractivity contribution in [1.82, 2.24) is 34.2 Å². The molecule has 0 aliphatic carbocycles. The Morgan fingerprint density at radius 2 is 1.69 bits per heavy atom. The number of ether oxygens (including phenoxy) is 1. The largest absolute Gasteiger partial charge is 0.438 e. The molecule has 246 valence electrons. The van der Waals surface area contributed by atoms with Gasteiger partial charge in [0, 0.05) is 36.7 Å². The van der Waals surface area contributed by atoms with Crippen molar-refractivity contribution in [3.63, 3.8) is 0 Å². The van der Waals surface area contributed by atoms with E-state index in [0.29, 0.717) is 61.9 Å². The third-order valence-corrected chi connectivity index (χ3v) is 9.58. The first-order valence-corrected chi connectivity index (χ1v) is 16.4. The second-order valence-corrected chi connectivity index (χ2v) is 13.2. The normalized spacial score (nSPS) is 14.5. The molecule has 0 bridgehead atoms. The van der Waals surface area contributed by atoms with Crippen LogP contribution in [0.25, 0.3) is 22.2 Å². The molecule has 1 amide bonds. The number of benzene rings is 3. The molecule has 0 atom stereocenters. The minimum absolute atomic E-state index is 0.143. The Bertz CT molecular complexity index is 2120. The number of aryl methyl sites for hydroxylation is 4. The van der Waals surface area contributed by atoms with Crippen molar-refractivity contribution >= 4 is 16.8 Å². The molecule has 6 aromatic rings. The van der Waals surface area contributed by atoms with E-state index >= 15 is 0 Å². The molecule has 0 unspecified atom stereocenters. The van der Waals surface area contributed by atoms with E-state index in [9.17, 15) is 9.90 Å². The van der Waals surface area contributed by atoms with Gasteiger partial charge in [-0.05, 0) is 81.0 Å². The van der Waals surface area contributed by atoms with E-state index in [2.05, 4.69) is 69.4 Å². The second-order valence-electron chi connectivity index (χ2n) is 13.2. The molecule has 48 heavy (non-hydrogen) atoms. The quantitative estimate of drug-likeness (QED) is 0.207. The van der Waals surface area contributed by atoms with Gasteiger partial charge in [-0.3, -0.25) is 4.79 Å². The van der Waals surface area contributed by atoms with Gasteiger partial charge in [0.2, 0.25) is 5.88 Å². The molecule has 7 rings (SSSR count). The number of para-hydroxylation sites is 1. The van der Waals surface area contributed by atoms with Crippen molar-refractivity contribution in [3.05, 3.63) is 113 Å². The van der Waals surface area contributed by atoms with Crippen LogP contribution in [0.4, 0.5) is 0 Å². The Morgan fingerprint density at radius 1 is 0.958 bits per heavy atom. The number of hydrogen-bond acceptors (Lipinski definition) is 6. The zero-order chi connectivity index (χ0) is 33.6. The number of hydrogen-bond donors (Lipinski definition) is 1. The Balaban J connectivity index is 1.04. The Kier molecular flexibility index (Phi) is 8.12. The van der Waals surface area contributed by atoms with Crippen LogP contribution < -0.4 is 4.74 Å². The fourth-order valence-electron chi connectivity index (χ4n) is 6.83. The number of nitrogens with zero attached hydrogens (tertiary/aromatic N) is 7. The summed E-state index contributed by atoms with van der Waals surface area (Å²) in [6.45, 7) is 9.59. The Hall–Kier alpha value is -5.22. The highest BCUT2D eigenvalue weighted by Gasteiger charge is 2.37. The summed E-state index contributed by atoms with van der Waals surface area (Å²) in [6, 6.07) is 25.0. The van der Waals surface area contributed by atoms with Gasteiger partial charge in [0.15, 0.2) is 0 Å². The first-order valence-electron chi connectivity index (χ1n) is 16.4. The van der Waals surface area contributed by atoms with Crippen molar-refractivity contribution in [2.24, 2.45) is 7.05 Å². The van der Waals surface area contributed by atoms with Crippen molar-refractivity contribution in [3.8, 4) is 22.9 Å². The minimum atomic E-state index is -1.02. The average Bonchev–Trinajstić information content (AvgIpc) is 3.75. The summed E-state index contributed by atoms with van der Waals surface area (Å²) in [5.41, 5.74) is 7.47. The van der Waals surface area contributed by atoms with Crippen LogP contribution in [-0.4, -0.2) is 63.9 Å². The highest BCUT2D eigenvalue weighted by molar-refractivity contribution is 5.98. The molecule has 1 N–H and O–H groups in total. The zero-order valence-electron chi connectivity index (χ0n) is 28.1. The number of piperidine rings is 1. The van der Waals surface area contributed by atoms with Crippen molar-refractivity contribution in [1.29, 1.82) is 0 Å². The summed E-state index contributed by atoms with van der Waals surface area (Å²) in [5, 5.41) is 26.2. The van der Waals surface area contributed by atoms with E-state index in [4.69, 9.17) is 4.74 Å². The molecular formula is C38H41N7O3. The smallest absolute Gasteiger partial charge is 0.261 e. The van der Waals surface area contributed by atoms with Gasteiger partial charge >= 0.3 is 0 Å². The van der Waals surface area contributed by atoms with Crippen LogP contribution in [0.3, 0.4) is 0 Å². The number of aliphatic hydroxyl groups is 1. The molecule has 10 heteroatoms. The van der Waals surface area contributed by atoms with Crippen LogP contribution in [0, 0.1) is 27.7 Å². The number of carbonyl (C=O) groups is 1. The SMILES string of the molecule is Cc1cc(C)c(C)c(Oc2c(C(=O)N3CCC(O)(Cn4cc(Cn5c(-c6ccccc6)cc6ccccc65)nn4)CC3)c(C)nn2C)c1. The number of aromatic nitrogens is 6. The van der Waals surface area contributed by atoms with Crippen molar-refractivity contribution in [2.45, 2.75) is 59.2 Å². The van der Waals surface area contributed by atoms with E-state index in [1.165, 1.54) is 5.39 Å². The lowest BCUT2D eigenvalue weighted by Crippen LogP contribution is -2.48. The average molecular weight is 644 g/mol. The minimum Gasteiger partial charge on any atom is -0.438 e. The molecule has 10 nitrogen and oxygen atoms in total. The van der Waals surface area contributed by atoms with Gasteiger partial charge in [0.1, 0.15) is 17.0 Å². The fourth-order valence-corrected chi connectivity index (χ4v) is 6.83. The fraction of sp³-hybridized carbons (Fsp3) is 0.316. The van der Waals surface area contributed by atoms with Gasteiger partial charge in [-0.15, -0.1) is 5.10 Å². The molecule has 0 radical (unpaired) electrons. The molecule has 1 aliphatic rings. The summed E-state index contributed by atoms with van der Waals surface area (Å²) in [4.78, 5) is 15.7. The monoisotopic (exact) mass is 643 g/mol. The van der Waals surface area contributed by atoms with E-state index in [0.717, 1.165) is 39.2 Å². The second kappa shape index (κ2) is 12.4. The molecule has 3 aromatic carbocycles. The molecule has 0 spiro atoms. The van der Waals surface area contributed by atoms with Crippen LogP contribution in [-0.2, 0) is 20.1 Å². The zero-order valence-corrected chi connectivity index (χ0v) is 28.1. The van der Waals surface area contributed by atoms with Gasteiger partial charge in [-0.25, -0.2) is 9.36 Å². The van der Waals surface area contributed by atoms with E-state index in [1.54, 1.807) is 21.3 Å². The van der Waals surface area contributed by atoms with Crippen LogP contribution in [0.5, 0.6) is 11.6 Å². The highest BCUT2D eigenvalue weighted by atomic mass is 16.5. The molecule has 1 fully saturated rings. The topological polar surface area (TPSA) is 103 Å². The predicted octanol–water partition coefficient (Wildman–Crippen LogP) is 6.37. The standard InChI is InChI=1S/C38H41N7O3/c1-25-19-26(2)27(3)34(20-25)48-37-35(28(4)40-42(37)5)36(46)43-17-15-38(47,16-18-43)24-44-22-31(39-41-44)23-45-32-14-10-9-13-30(32)21-33(45)29-11-7-6-8-12-29/h6-14,19-22,47H,15-18,23-24H2,1-5H3. The molecule has 4 heterocycles. The molecule has 1 saturated heterocycles. The van der Waals surface area contributed by atoms with Crippen LogP contribution in [0.1, 0.15) is 51.3 Å². The van der Waals surface area contributed by atoms with Gasteiger partial charge in [0.05, 0.1) is 30.6 Å². The van der Waals surface area contributed by atoms with E-state index < -0.39 is 5.60 Å². The van der Waals surface area contributed by atoms with Crippen molar-refractivity contribution < 1.29 is 14.6 Å². The van der Waals surface area contributed by atoms with E-state index in [-0.39, 0.29) is 5.91 Å². The first kappa shape index (κ1) is 31.4. The maximum Gasteiger partial charge on any atom is 0.261 e. The van der Waals surface area contributed by atoms with Crippen LogP contribution in [0.2, 0.25) is 0 Å². The Labute approximate surface area is 280 Å². The maximum absolute atomic E-state index is 13.9. The molecule has 1 aliphatic heterocycles. The third kappa shape index (κ3) is 5.99. The highest BCUT2D eigenvalue weighted by Crippen LogP contribution is 2.34. The number of carbonyl (C=O) groups excluding carboxylic acids is 1. The maximum atomic E-state index is 13.9. The van der Waals surface area contributed by atoms with Crippen molar-refractivity contribution in [2.75, 3.05) is 13.1 Å². The third-order valence-electron chi connectivity index (χ3n) is 9.58. The van der Waals surface area contributed by atoms with Gasteiger partial charge in [-0.1, -0.05) is 59.8 Å². The Morgan fingerprint density at radius 3 is 2.46 bits per heavy atom. The van der Waals surface area contributed by atoms with Gasteiger partial charge < -0.3 is 19.3 Å². The lowest BCUT2D eigenvalue weighted by molar-refractivity contribution is -0.0318. The molecular weight excluding hydrogens is 602 g/mol. The van der Waals surface area contributed by atoms with Gasteiger partial charge in [-0.2, -0.15) is 5.10 Å². The summed E-state index contributed by atoms with van der Waals surface area (Å²) < 4.78 is 12.0. The number of fused-ring (bicyclic) bond motifs is 1. The van der Waals surface area contributed by atoms with Gasteiger partial charge in [0.25, 0.3) is 5.91 Å². The van der Waals surface area contributed by atoms with Crippen LogP contribution in [0.15, 0.2) is 79.0 Å². The number of rotatable bonds is 8. The summed E-state index contributed by atoms with van der Waals surface area (Å²) in [7, 11) is 1.79. The number of amides is 1. The summed E-state index contributed by atoms with van der Waals surface area (Å²) in [6.07, 6.45) is 2.75. The van der Waals surface area contributed by atoms with E-state index in [1.807, 2.05) is 57.3 Å². The number of likely N-dealkylation sites (tertiary alicyclic amines) is 1. The summed E-state index contributed by atoms with van der Waals surface area (Å²) >= 11 is 0. The van der Waals surface area contributed by atoms with Crippen LogP contribution >= 0.6 is 0 Å². The molecule has 0 saturated carbocycles. The lowest BCUT2D eigenvalue weighted by Gasteiger charge is -2.38. The predicted molar refractivity (Wildman–Crippen MR) is 185 cm³/mol. The first-order chi connectivity index (χ1) is 23.1. The lowest BCUT2D eigenvalue weighted by atomic mass is 9.91. The summed E-state index contributed by atoms with van der Waals surface area (Å²) in [5.74, 6) is 0.995.